The van der Waals surface area contributed by atoms with Gasteiger partial charge in [0.15, 0.2) is 0 Å². The molecule has 0 amide bonds. The first kappa shape index (κ1) is 9.34. The van der Waals surface area contributed by atoms with Gasteiger partial charge in [-0.25, -0.2) is 13.4 Å². The topological polar surface area (TPSA) is 74.8 Å². The SMILES string of the molecule is O=S(=O)(CCCl)Nc1ncc[nH]1. The number of rotatable bonds is 4. The standard InChI is InChI=1S/C5H8ClN3O2S/c6-1-4-12(10,11)9-5-7-2-3-8-5/h2-3H,1,4H2,(H2,7,8,9). The molecule has 12 heavy (non-hydrogen) atoms. The lowest BCUT2D eigenvalue weighted by Crippen LogP contribution is -2.18. The Balaban J connectivity index is 2.63. The van der Waals surface area contributed by atoms with Gasteiger partial charge in [0, 0.05) is 18.3 Å². The molecule has 7 heteroatoms. The van der Waals surface area contributed by atoms with Crippen molar-refractivity contribution in [1.82, 2.24) is 9.97 Å². The highest BCUT2D eigenvalue weighted by molar-refractivity contribution is 7.92. The largest absolute Gasteiger partial charge is 0.330 e. The van der Waals surface area contributed by atoms with Crippen molar-refractivity contribution < 1.29 is 8.42 Å². The zero-order valence-electron chi connectivity index (χ0n) is 6.12. The maximum atomic E-state index is 11.0. The van der Waals surface area contributed by atoms with Crippen molar-refractivity contribution in [1.29, 1.82) is 0 Å². The predicted octanol–water partition coefficient (Wildman–Crippen LogP) is 0.390. The average Bonchev–Trinajstić information content (AvgIpc) is 2.38. The molecule has 0 radical (unpaired) electrons. The van der Waals surface area contributed by atoms with Crippen molar-refractivity contribution in [2.75, 3.05) is 16.4 Å². The monoisotopic (exact) mass is 209 g/mol. The molecule has 0 fully saturated rings. The third kappa shape index (κ3) is 2.71. The molecule has 0 aliphatic heterocycles. The number of nitrogens with one attached hydrogen (secondary N) is 2. The van der Waals surface area contributed by atoms with Crippen LogP contribution in [0.3, 0.4) is 0 Å². The fourth-order valence-corrected chi connectivity index (χ4v) is 1.94. The Hall–Kier alpha value is -0.750. The van der Waals surface area contributed by atoms with Gasteiger partial charge in [0.1, 0.15) is 0 Å². The van der Waals surface area contributed by atoms with Crippen LogP contribution in [-0.2, 0) is 10.0 Å². The Morgan fingerprint density at radius 3 is 2.92 bits per heavy atom. The Bertz CT molecular complexity index is 320. The molecule has 0 unspecified atom stereocenters. The molecular formula is C5H8ClN3O2S. The van der Waals surface area contributed by atoms with E-state index in [4.69, 9.17) is 11.6 Å². The number of aromatic nitrogens is 2. The first-order valence-electron chi connectivity index (χ1n) is 3.20. The summed E-state index contributed by atoms with van der Waals surface area (Å²) in [5.74, 6) is 0.158. The minimum Gasteiger partial charge on any atom is -0.330 e. The van der Waals surface area contributed by atoms with Gasteiger partial charge in [-0.05, 0) is 0 Å². The van der Waals surface area contributed by atoms with Gasteiger partial charge in [-0.15, -0.1) is 11.6 Å². The third-order valence-electron chi connectivity index (χ3n) is 1.10. The van der Waals surface area contributed by atoms with Crippen molar-refractivity contribution >= 4 is 27.6 Å². The van der Waals surface area contributed by atoms with Crippen LogP contribution in [0.2, 0.25) is 0 Å². The summed E-state index contributed by atoms with van der Waals surface area (Å²) in [6.07, 6.45) is 2.98. The van der Waals surface area contributed by atoms with Crippen molar-refractivity contribution in [3.63, 3.8) is 0 Å². The second-order valence-corrected chi connectivity index (χ2v) is 4.27. The van der Waals surface area contributed by atoms with E-state index in [-0.39, 0.29) is 17.6 Å². The van der Waals surface area contributed by atoms with Crippen molar-refractivity contribution in [3.8, 4) is 0 Å². The molecular weight excluding hydrogens is 202 g/mol. The molecule has 68 valence electrons. The molecule has 0 saturated heterocycles. The van der Waals surface area contributed by atoms with Crippen molar-refractivity contribution in [3.05, 3.63) is 12.4 Å². The Morgan fingerprint density at radius 2 is 2.42 bits per heavy atom. The number of sulfonamides is 1. The Labute approximate surface area is 75.2 Å². The number of hydrogen-bond donors (Lipinski definition) is 2. The quantitative estimate of drug-likeness (QED) is 0.705. The number of aromatic amines is 1. The van der Waals surface area contributed by atoms with E-state index in [1.54, 1.807) is 0 Å². The molecule has 0 saturated carbocycles. The van der Waals surface area contributed by atoms with Crippen molar-refractivity contribution in [2.45, 2.75) is 0 Å². The molecule has 5 nitrogen and oxygen atoms in total. The first-order chi connectivity index (χ1) is 5.64. The number of hydrogen-bond acceptors (Lipinski definition) is 3. The maximum absolute atomic E-state index is 11.0. The summed E-state index contributed by atoms with van der Waals surface area (Å²) in [7, 11) is -3.33. The molecule has 0 atom stereocenters. The molecule has 1 heterocycles. The van der Waals surface area contributed by atoms with E-state index < -0.39 is 10.0 Å². The van der Waals surface area contributed by atoms with Gasteiger partial charge in [-0.3, -0.25) is 4.72 Å². The van der Waals surface area contributed by atoms with E-state index >= 15 is 0 Å². The normalized spacial score (nSPS) is 11.4. The van der Waals surface area contributed by atoms with Gasteiger partial charge >= 0.3 is 0 Å². The fourth-order valence-electron chi connectivity index (χ4n) is 0.621. The van der Waals surface area contributed by atoms with Crippen molar-refractivity contribution in [2.24, 2.45) is 0 Å². The Kier molecular flexibility index (Phi) is 2.93. The lowest BCUT2D eigenvalue weighted by atomic mass is 11.0. The van der Waals surface area contributed by atoms with Gasteiger partial charge in [0.25, 0.3) is 0 Å². The lowest BCUT2D eigenvalue weighted by Gasteiger charge is -2.01. The smallest absolute Gasteiger partial charge is 0.236 e. The summed E-state index contributed by atoms with van der Waals surface area (Å²) in [5.41, 5.74) is 0. The van der Waals surface area contributed by atoms with E-state index in [1.165, 1.54) is 12.4 Å². The van der Waals surface area contributed by atoms with Gasteiger partial charge in [0.2, 0.25) is 16.0 Å². The number of halogens is 1. The summed E-state index contributed by atoms with van der Waals surface area (Å²) in [4.78, 5) is 6.30. The number of anilines is 1. The summed E-state index contributed by atoms with van der Waals surface area (Å²) in [6, 6.07) is 0. The van der Waals surface area contributed by atoms with Crippen LogP contribution < -0.4 is 4.72 Å². The second-order valence-electron chi connectivity index (χ2n) is 2.05. The van der Waals surface area contributed by atoms with Crippen LogP contribution in [0.1, 0.15) is 0 Å². The molecule has 1 aromatic rings. The molecule has 1 rings (SSSR count). The third-order valence-corrected chi connectivity index (χ3v) is 2.76. The number of alkyl halides is 1. The van der Waals surface area contributed by atoms with Crippen LogP contribution in [0.5, 0.6) is 0 Å². The maximum Gasteiger partial charge on any atom is 0.236 e. The second kappa shape index (κ2) is 3.77. The minimum atomic E-state index is -3.33. The highest BCUT2D eigenvalue weighted by Gasteiger charge is 2.09. The molecule has 0 bridgehead atoms. The van der Waals surface area contributed by atoms with E-state index in [0.29, 0.717) is 0 Å². The fraction of sp³-hybridized carbons (Fsp3) is 0.400. The van der Waals surface area contributed by atoms with E-state index in [2.05, 4.69) is 14.7 Å². The molecule has 0 aliphatic rings. The lowest BCUT2D eigenvalue weighted by molar-refractivity contribution is 0.602. The van der Waals surface area contributed by atoms with Crippen LogP contribution in [0.15, 0.2) is 12.4 Å². The van der Waals surface area contributed by atoms with Crippen LogP contribution in [0.4, 0.5) is 5.95 Å². The molecule has 0 aliphatic carbocycles. The average molecular weight is 210 g/mol. The summed E-state index contributed by atoms with van der Waals surface area (Å²) in [6.45, 7) is 0. The summed E-state index contributed by atoms with van der Waals surface area (Å²) < 4.78 is 24.3. The molecule has 0 spiro atoms. The van der Waals surface area contributed by atoms with Crippen LogP contribution in [-0.4, -0.2) is 30.0 Å². The van der Waals surface area contributed by atoms with E-state index in [9.17, 15) is 8.42 Å². The Morgan fingerprint density at radius 1 is 1.67 bits per heavy atom. The van der Waals surface area contributed by atoms with E-state index in [0.717, 1.165) is 0 Å². The minimum absolute atomic E-state index is 0.0655. The number of imidazole rings is 1. The molecule has 2 N–H and O–H groups in total. The first-order valence-corrected chi connectivity index (χ1v) is 5.38. The summed E-state index contributed by atoms with van der Waals surface area (Å²) >= 11 is 5.28. The number of H-pyrrole nitrogens is 1. The van der Waals surface area contributed by atoms with Gasteiger partial charge in [0.05, 0.1) is 5.75 Å². The highest BCUT2D eigenvalue weighted by atomic mass is 35.5. The highest BCUT2D eigenvalue weighted by Crippen LogP contribution is 2.00. The predicted molar refractivity (Wildman–Crippen MR) is 46.7 cm³/mol. The molecule has 1 aromatic heterocycles. The van der Waals surface area contributed by atoms with Crippen LogP contribution in [0.25, 0.3) is 0 Å². The zero-order chi connectivity index (χ0) is 9.03. The summed E-state index contributed by atoms with van der Waals surface area (Å²) in [5, 5.41) is 0. The number of nitrogens with zero attached hydrogens (tertiary/aromatic N) is 1. The van der Waals surface area contributed by atoms with Gasteiger partial charge in [-0.2, -0.15) is 0 Å². The van der Waals surface area contributed by atoms with Gasteiger partial charge in [-0.1, -0.05) is 0 Å². The molecule has 0 aromatic carbocycles. The van der Waals surface area contributed by atoms with Crippen LogP contribution in [0, 0.1) is 0 Å². The van der Waals surface area contributed by atoms with Crippen LogP contribution >= 0.6 is 11.6 Å². The van der Waals surface area contributed by atoms with E-state index in [1.807, 2.05) is 0 Å². The zero-order valence-corrected chi connectivity index (χ0v) is 7.69. The van der Waals surface area contributed by atoms with Gasteiger partial charge < -0.3 is 4.98 Å².